The second-order valence-corrected chi connectivity index (χ2v) is 6.94. The quantitative estimate of drug-likeness (QED) is 0.820. The molecule has 1 aliphatic heterocycles. The van der Waals surface area contributed by atoms with Gasteiger partial charge in [0.1, 0.15) is 0 Å². The molecular formula is C14H22N2O3S. The van der Waals surface area contributed by atoms with Crippen LogP contribution in [0.1, 0.15) is 24.0 Å². The minimum Gasteiger partial charge on any atom is -0.381 e. The Kier molecular flexibility index (Phi) is 5.54. The molecule has 20 heavy (non-hydrogen) atoms. The third-order valence-corrected chi connectivity index (χ3v) is 4.91. The van der Waals surface area contributed by atoms with Crippen LogP contribution >= 0.6 is 0 Å². The molecule has 0 amide bonds. The van der Waals surface area contributed by atoms with Gasteiger partial charge in [0.15, 0.2) is 0 Å². The average molecular weight is 298 g/mol. The molecule has 1 aliphatic rings. The van der Waals surface area contributed by atoms with E-state index in [9.17, 15) is 8.42 Å². The van der Waals surface area contributed by atoms with Crippen molar-refractivity contribution in [3.05, 3.63) is 35.4 Å². The van der Waals surface area contributed by atoms with Crippen molar-refractivity contribution in [3.8, 4) is 0 Å². The van der Waals surface area contributed by atoms with Gasteiger partial charge in [0.2, 0.25) is 10.0 Å². The number of sulfonamides is 1. The first kappa shape index (κ1) is 15.4. The SMILES string of the molecule is NCc1ccccc1CS(=O)(=O)NCC1CCOCC1. The predicted molar refractivity (Wildman–Crippen MR) is 78.5 cm³/mol. The fourth-order valence-corrected chi connectivity index (χ4v) is 3.63. The smallest absolute Gasteiger partial charge is 0.215 e. The van der Waals surface area contributed by atoms with Crippen LogP contribution in [0.3, 0.4) is 0 Å². The molecule has 112 valence electrons. The zero-order chi connectivity index (χ0) is 14.4. The zero-order valence-electron chi connectivity index (χ0n) is 11.5. The summed E-state index contributed by atoms with van der Waals surface area (Å²) in [6, 6.07) is 7.38. The molecule has 6 heteroatoms. The molecule has 0 bridgehead atoms. The van der Waals surface area contributed by atoms with E-state index in [1.54, 1.807) is 0 Å². The predicted octanol–water partition coefficient (Wildman–Crippen LogP) is 0.991. The third kappa shape index (κ3) is 4.56. The summed E-state index contributed by atoms with van der Waals surface area (Å²) >= 11 is 0. The van der Waals surface area contributed by atoms with E-state index in [4.69, 9.17) is 10.5 Å². The average Bonchev–Trinajstić information content (AvgIpc) is 2.47. The summed E-state index contributed by atoms with van der Waals surface area (Å²) in [5.41, 5.74) is 7.28. The number of rotatable bonds is 6. The van der Waals surface area contributed by atoms with E-state index >= 15 is 0 Å². The molecule has 5 nitrogen and oxygen atoms in total. The zero-order valence-corrected chi connectivity index (χ0v) is 12.4. The Morgan fingerprint density at radius 1 is 1.20 bits per heavy atom. The van der Waals surface area contributed by atoms with E-state index in [0.717, 1.165) is 37.2 Å². The van der Waals surface area contributed by atoms with E-state index < -0.39 is 10.0 Å². The third-order valence-electron chi connectivity index (χ3n) is 3.62. The van der Waals surface area contributed by atoms with Crippen LogP contribution in [-0.2, 0) is 27.1 Å². The fraction of sp³-hybridized carbons (Fsp3) is 0.571. The molecule has 0 atom stereocenters. The lowest BCUT2D eigenvalue weighted by Crippen LogP contribution is -2.33. The first-order valence-electron chi connectivity index (χ1n) is 6.92. The molecule has 1 aromatic carbocycles. The van der Waals surface area contributed by atoms with Gasteiger partial charge in [-0.25, -0.2) is 13.1 Å². The van der Waals surface area contributed by atoms with Gasteiger partial charge in [-0.05, 0) is 29.9 Å². The van der Waals surface area contributed by atoms with Crippen LogP contribution in [-0.4, -0.2) is 28.2 Å². The van der Waals surface area contributed by atoms with Crippen molar-refractivity contribution in [1.29, 1.82) is 0 Å². The molecule has 0 radical (unpaired) electrons. The molecule has 0 unspecified atom stereocenters. The maximum absolute atomic E-state index is 12.1. The lowest BCUT2D eigenvalue weighted by Gasteiger charge is -2.22. The maximum Gasteiger partial charge on any atom is 0.215 e. The summed E-state index contributed by atoms with van der Waals surface area (Å²) in [5.74, 6) is 0.368. The van der Waals surface area contributed by atoms with Crippen molar-refractivity contribution in [3.63, 3.8) is 0 Å². The van der Waals surface area contributed by atoms with Crippen molar-refractivity contribution < 1.29 is 13.2 Å². The Hall–Kier alpha value is -0.950. The molecule has 1 aromatic rings. The number of ether oxygens (including phenoxy) is 1. The molecule has 2 rings (SSSR count). The minimum absolute atomic E-state index is 0.0103. The van der Waals surface area contributed by atoms with E-state index in [1.807, 2.05) is 24.3 Å². The summed E-state index contributed by atoms with van der Waals surface area (Å²) in [6.07, 6.45) is 1.84. The van der Waals surface area contributed by atoms with Gasteiger partial charge < -0.3 is 10.5 Å². The highest BCUT2D eigenvalue weighted by Gasteiger charge is 2.18. The van der Waals surface area contributed by atoms with Crippen LogP contribution in [0.15, 0.2) is 24.3 Å². The normalized spacial score (nSPS) is 17.2. The number of nitrogens with one attached hydrogen (secondary N) is 1. The van der Waals surface area contributed by atoms with Gasteiger partial charge in [-0.2, -0.15) is 0 Å². The van der Waals surface area contributed by atoms with Crippen LogP contribution in [0.4, 0.5) is 0 Å². The molecule has 0 aromatic heterocycles. The number of nitrogens with two attached hydrogens (primary N) is 1. The van der Waals surface area contributed by atoms with Crippen molar-refractivity contribution >= 4 is 10.0 Å². The van der Waals surface area contributed by atoms with Crippen molar-refractivity contribution in [1.82, 2.24) is 4.72 Å². The first-order valence-corrected chi connectivity index (χ1v) is 8.58. The van der Waals surface area contributed by atoms with Gasteiger partial charge in [0, 0.05) is 26.3 Å². The van der Waals surface area contributed by atoms with E-state index in [1.165, 1.54) is 0 Å². The lowest BCUT2D eigenvalue weighted by molar-refractivity contribution is 0.0678. The Bertz CT molecular complexity index is 525. The molecule has 0 spiro atoms. The summed E-state index contributed by atoms with van der Waals surface area (Å²) in [4.78, 5) is 0. The Labute approximate surface area is 120 Å². The highest BCUT2D eigenvalue weighted by molar-refractivity contribution is 7.88. The lowest BCUT2D eigenvalue weighted by atomic mass is 10.0. The van der Waals surface area contributed by atoms with Gasteiger partial charge in [0.05, 0.1) is 5.75 Å². The Morgan fingerprint density at radius 2 is 1.85 bits per heavy atom. The molecule has 0 aliphatic carbocycles. The summed E-state index contributed by atoms with van der Waals surface area (Å²) in [5, 5.41) is 0. The highest BCUT2D eigenvalue weighted by Crippen LogP contribution is 2.15. The number of benzene rings is 1. The van der Waals surface area contributed by atoms with Crippen LogP contribution < -0.4 is 10.5 Å². The topological polar surface area (TPSA) is 81.4 Å². The molecule has 3 N–H and O–H groups in total. The van der Waals surface area contributed by atoms with Gasteiger partial charge in [-0.3, -0.25) is 0 Å². The first-order chi connectivity index (χ1) is 9.61. The van der Waals surface area contributed by atoms with Crippen LogP contribution in [0, 0.1) is 5.92 Å². The molecule has 1 fully saturated rings. The van der Waals surface area contributed by atoms with Crippen molar-refractivity contribution in [2.75, 3.05) is 19.8 Å². The van der Waals surface area contributed by atoms with Gasteiger partial charge in [-0.1, -0.05) is 24.3 Å². The molecular weight excluding hydrogens is 276 g/mol. The molecule has 0 saturated carbocycles. The van der Waals surface area contributed by atoms with E-state index in [0.29, 0.717) is 19.0 Å². The van der Waals surface area contributed by atoms with E-state index in [2.05, 4.69) is 4.72 Å². The highest BCUT2D eigenvalue weighted by atomic mass is 32.2. The van der Waals surface area contributed by atoms with Crippen LogP contribution in [0.5, 0.6) is 0 Å². The molecule has 1 saturated heterocycles. The Balaban J connectivity index is 1.93. The second-order valence-electron chi connectivity index (χ2n) is 5.14. The molecule has 1 heterocycles. The summed E-state index contributed by atoms with van der Waals surface area (Å²) in [7, 11) is -3.31. The minimum atomic E-state index is -3.31. The second kappa shape index (κ2) is 7.17. The summed E-state index contributed by atoms with van der Waals surface area (Å²) in [6.45, 7) is 2.30. The van der Waals surface area contributed by atoms with Crippen molar-refractivity contribution in [2.24, 2.45) is 11.7 Å². The number of hydrogen-bond donors (Lipinski definition) is 2. The van der Waals surface area contributed by atoms with Gasteiger partial charge >= 0.3 is 0 Å². The largest absolute Gasteiger partial charge is 0.381 e. The van der Waals surface area contributed by atoms with Gasteiger partial charge in [-0.15, -0.1) is 0 Å². The number of hydrogen-bond acceptors (Lipinski definition) is 4. The Morgan fingerprint density at radius 3 is 2.50 bits per heavy atom. The standard InChI is InChI=1S/C14H22N2O3S/c15-9-13-3-1-2-4-14(13)11-20(17,18)16-10-12-5-7-19-8-6-12/h1-4,12,16H,5-11,15H2. The van der Waals surface area contributed by atoms with Gasteiger partial charge in [0.25, 0.3) is 0 Å². The monoisotopic (exact) mass is 298 g/mol. The maximum atomic E-state index is 12.1. The summed E-state index contributed by atoms with van der Waals surface area (Å²) < 4.78 is 32.2. The van der Waals surface area contributed by atoms with Crippen LogP contribution in [0.25, 0.3) is 0 Å². The van der Waals surface area contributed by atoms with Crippen molar-refractivity contribution in [2.45, 2.75) is 25.1 Å². The fourth-order valence-electron chi connectivity index (χ4n) is 2.35. The van der Waals surface area contributed by atoms with Crippen LogP contribution in [0.2, 0.25) is 0 Å². The van der Waals surface area contributed by atoms with E-state index in [-0.39, 0.29) is 5.75 Å².